The number of nitrogens with one attached hydrogen (secondary N) is 1. The summed E-state index contributed by atoms with van der Waals surface area (Å²) in [5, 5.41) is 6.94. The van der Waals surface area contributed by atoms with Gasteiger partial charge in [0.05, 0.1) is 23.8 Å². The summed E-state index contributed by atoms with van der Waals surface area (Å²) in [6.45, 7) is 7.05. The molecule has 116 valence electrons. The lowest BCUT2D eigenvalue weighted by Gasteiger charge is -2.12. The highest BCUT2D eigenvalue weighted by Gasteiger charge is 2.18. The Bertz CT molecular complexity index is 704. The molecule has 2 heterocycles. The Morgan fingerprint density at radius 3 is 2.59 bits per heavy atom. The first-order valence-electron chi connectivity index (χ1n) is 7.28. The van der Waals surface area contributed by atoms with Crippen molar-refractivity contribution in [3.05, 3.63) is 35.9 Å². The first-order valence-corrected chi connectivity index (χ1v) is 7.28. The first-order chi connectivity index (χ1) is 10.4. The van der Waals surface area contributed by atoms with Crippen LogP contribution in [0.1, 0.15) is 43.7 Å². The number of nitrogens with zero attached hydrogens (tertiary/aromatic N) is 3. The van der Waals surface area contributed by atoms with Crippen LogP contribution in [-0.4, -0.2) is 26.5 Å². The summed E-state index contributed by atoms with van der Waals surface area (Å²) in [5.41, 5.74) is 2.49. The topological polar surface area (TPSA) is 76.9 Å². The molecule has 1 N–H and O–H groups in total. The summed E-state index contributed by atoms with van der Waals surface area (Å²) in [5.74, 6) is -0.543. The maximum Gasteiger partial charge on any atom is 0.221 e. The second-order valence-corrected chi connectivity index (χ2v) is 5.44. The van der Waals surface area contributed by atoms with Gasteiger partial charge in [0.25, 0.3) is 0 Å². The summed E-state index contributed by atoms with van der Waals surface area (Å²) in [6, 6.07) is 1.72. The number of carbonyl (C=O) groups is 2. The molecule has 0 aromatic carbocycles. The molecule has 0 aliphatic heterocycles. The molecule has 0 atom stereocenters. The van der Waals surface area contributed by atoms with Crippen molar-refractivity contribution in [1.82, 2.24) is 14.8 Å². The van der Waals surface area contributed by atoms with Gasteiger partial charge in [-0.2, -0.15) is 5.10 Å². The van der Waals surface area contributed by atoms with Gasteiger partial charge in [-0.3, -0.25) is 9.59 Å². The number of amides is 1. The molecule has 2 rings (SSSR count). The molecule has 0 saturated heterocycles. The summed E-state index contributed by atoms with van der Waals surface area (Å²) in [4.78, 5) is 27.8. The van der Waals surface area contributed by atoms with Crippen LogP contribution in [0.4, 0.5) is 5.69 Å². The number of pyridine rings is 1. The zero-order valence-corrected chi connectivity index (χ0v) is 13.3. The minimum atomic E-state index is -0.244. The van der Waals surface area contributed by atoms with E-state index in [1.807, 2.05) is 13.1 Å². The molecule has 6 heteroatoms. The van der Waals surface area contributed by atoms with Crippen molar-refractivity contribution in [3.8, 4) is 5.69 Å². The number of Topliss-reactive ketones (excluding diaryl/α,β-unsaturated/α-hetero) is 1. The zero-order valence-electron chi connectivity index (χ0n) is 13.3. The van der Waals surface area contributed by atoms with Crippen LogP contribution in [0.2, 0.25) is 0 Å². The van der Waals surface area contributed by atoms with Gasteiger partial charge in [0, 0.05) is 19.0 Å². The fraction of sp³-hybridized carbons (Fsp3) is 0.375. The first kappa shape index (κ1) is 15.9. The molecule has 0 aliphatic carbocycles. The van der Waals surface area contributed by atoms with Gasteiger partial charge in [-0.05, 0) is 18.1 Å². The van der Waals surface area contributed by atoms with Gasteiger partial charge in [-0.25, -0.2) is 9.67 Å². The van der Waals surface area contributed by atoms with Gasteiger partial charge < -0.3 is 5.32 Å². The Hall–Kier alpha value is -2.50. The summed E-state index contributed by atoms with van der Waals surface area (Å²) >= 11 is 0. The third-order valence-electron chi connectivity index (χ3n) is 3.25. The summed E-state index contributed by atoms with van der Waals surface area (Å²) in [6.07, 6.45) is 6.16. The highest BCUT2D eigenvalue weighted by Crippen LogP contribution is 2.21. The molecule has 2 aromatic rings. The predicted molar refractivity (Wildman–Crippen MR) is 84.2 cm³/mol. The van der Waals surface area contributed by atoms with Gasteiger partial charge in [0.2, 0.25) is 5.91 Å². The highest BCUT2D eigenvalue weighted by atomic mass is 16.1. The smallest absolute Gasteiger partial charge is 0.221 e. The van der Waals surface area contributed by atoms with Crippen LogP contribution in [0.25, 0.3) is 5.69 Å². The minimum Gasteiger partial charge on any atom is -0.324 e. The van der Waals surface area contributed by atoms with Gasteiger partial charge in [-0.15, -0.1) is 0 Å². The molecular formula is C16H20N4O2. The van der Waals surface area contributed by atoms with Crippen molar-refractivity contribution < 1.29 is 9.59 Å². The van der Waals surface area contributed by atoms with Crippen molar-refractivity contribution in [3.63, 3.8) is 0 Å². The molecule has 0 fully saturated rings. The lowest BCUT2D eigenvalue weighted by Crippen LogP contribution is -2.16. The molecular weight excluding hydrogens is 280 g/mol. The van der Waals surface area contributed by atoms with E-state index >= 15 is 0 Å². The van der Waals surface area contributed by atoms with Crippen LogP contribution >= 0.6 is 0 Å². The van der Waals surface area contributed by atoms with Crippen molar-refractivity contribution in [2.45, 2.75) is 34.1 Å². The average molecular weight is 300 g/mol. The number of rotatable bonds is 5. The number of anilines is 1. The van der Waals surface area contributed by atoms with Crippen LogP contribution in [0.5, 0.6) is 0 Å². The van der Waals surface area contributed by atoms with Crippen molar-refractivity contribution >= 4 is 17.4 Å². The Kier molecular flexibility index (Phi) is 4.70. The van der Waals surface area contributed by atoms with Crippen molar-refractivity contribution in [2.24, 2.45) is 5.92 Å². The fourth-order valence-electron chi connectivity index (χ4n) is 2.02. The van der Waals surface area contributed by atoms with Crippen molar-refractivity contribution in [1.29, 1.82) is 0 Å². The molecule has 0 saturated carbocycles. The summed E-state index contributed by atoms with van der Waals surface area (Å²) < 4.78 is 1.68. The van der Waals surface area contributed by atoms with E-state index in [2.05, 4.69) is 15.4 Å². The monoisotopic (exact) mass is 300 g/mol. The number of aromatic nitrogens is 3. The van der Waals surface area contributed by atoms with E-state index in [0.717, 1.165) is 12.0 Å². The van der Waals surface area contributed by atoms with E-state index in [4.69, 9.17) is 0 Å². The van der Waals surface area contributed by atoms with Crippen LogP contribution in [0.3, 0.4) is 0 Å². The van der Waals surface area contributed by atoms with Crippen molar-refractivity contribution in [2.75, 3.05) is 5.32 Å². The Morgan fingerprint density at radius 1 is 1.32 bits per heavy atom. The summed E-state index contributed by atoms with van der Waals surface area (Å²) in [7, 11) is 0. The van der Waals surface area contributed by atoms with Gasteiger partial charge in [0.15, 0.2) is 5.78 Å². The molecule has 22 heavy (non-hydrogen) atoms. The van der Waals surface area contributed by atoms with Crippen LogP contribution in [-0.2, 0) is 11.2 Å². The lowest BCUT2D eigenvalue weighted by molar-refractivity contribution is -0.114. The second-order valence-electron chi connectivity index (χ2n) is 5.44. The van der Waals surface area contributed by atoms with Gasteiger partial charge >= 0.3 is 0 Å². The van der Waals surface area contributed by atoms with E-state index in [9.17, 15) is 9.59 Å². The third kappa shape index (κ3) is 3.39. The SMILES string of the molecule is CCc1cnn(-c2cnc(C(=O)C(C)C)c(NC(C)=O)c2)c1. The molecule has 0 radical (unpaired) electrons. The van der Waals surface area contributed by atoms with E-state index < -0.39 is 0 Å². The van der Waals surface area contributed by atoms with Gasteiger partial charge in [-0.1, -0.05) is 20.8 Å². The predicted octanol–water partition coefficient (Wildman–Crippen LogP) is 2.63. The van der Waals surface area contributed by atoms with E-state index in [1.165, 1.54) is 6.92 Å². The number of aryl methyl sites for hydroxylation is 1. The molecule has 0 bridgehead atoms. The number of ketones is 1. The Morgan fingerprint density at radius 2 is 2.05 bits per heavy atom. The highest BCUT2D eigenvalue weighted by molar-refractivity contribution is 6.04. The zero-order chi connectivity index (χ0) is 16.3. The Labute approximate surface area is 129 Å². The standard InChI is InChI=1S/C16H20N4O2/c1-5-12-7-18-20(9-12)13-6-14(19-11(4)21)15(17-8-13)16(22)10(2)3/h6-10H,5H2,1-4H3,(H,19,21). The average Bonchev–Trinajstić information content (AvgIpc) is 2.94. The largest absolute Gasteiger partial charge is 0.324 e. The minimum absolute atomic E-state index is 0.106. The van der Waals surface area contributed by atoms with E-state index in [-0.39, 0.29) is 23.3 Å². The number of hydrogen-bond donors (Lipinski definition) is 1. The maximum absolute atomic E-state index is 12.2. The van der Waals surface area contributed by atoms with Crippen LogP contribution in [0.15, 0.2) is 24.7 Å². The third-order valence-corrected chi connectivity index (χ3v) is 3.25. The normalized spacial score (nSPS) is 10.8. The molecule has 0 aliphatic rings. The van der Waals surface area contributed by atoms with Gasteiger partial charge in [0.1, 0.15) is 5.69 Å². The van der Waals surface area contributed by atoms with E-state index in [1.54, 1.807) is 37.0 Å². The molecule has 6 nitrogen and oxygen atoms in total. The molecule has 0 unspecified atom stereocenters. The lowest BCUT2D eigenvalue weighted by atomic mass is 10.0. The van der Waals surface area contributed by atoms with E-state index in [0.29, 0.717) is 11.4 Å². The molecule has 2 aromatic heterocycles. The fourth-order valence-corrected chi connectivity index (χ4v) is 2.02. The second kappa shape index (κ2) is 6.51. The number of carbonyl (C=O) groups excluding carboxylic acids is 2. The molecule has 0 spiro atoms. The number of hydrogen-bond acceptors (Lipinski definition) is 4. The molecule has 1 amide bonds. The quantitative estimate of drug-likeness (QED) is 0.861. The van der Waals surface area contributed by atoms with Crippen LogP contribution in [0, 0.1) is 5.92 Å². The maximum atomic E-state index is 12.2. The van der Waals surface area contributed by atoms with Crippen LogP contribution < -0.4 is 5.32 Å². The Balaban J connectivity index is 2.46.